The molecule has 1 amide bonds. The van der Waals surface area contributed by atoms with Crippen LogP contribution >= 0.6 is 11.8 Å². The van der Waals surface area contributed by atoms with Gasteiger partial charge in [0.05, 0.1) is 0 Å². The van der Waals surface area contributed by atoms with Crippen LogP contribution in [-0.4, -0.2) is 29.5 Å². The Bertz CT molecular complexity index is 286. The van der Waals surface area contributed by atoms with E-state index >= 15 is 0 Å². The van der Waals surface area contributed by atoms with Crippen molar-refractivity contribution in [2.45, 2.75) is 62.2 Å². The van der Waals surface area contributed by atoms with E-state index in [0.717, 1.165) is 6.54 Å². The Morgan fingerprint density at radius 3 is 2.61 bits per heavy atom. The monoisotopic (exact) mass is 270 g/mol. The SMILES string of the molecule is CSC1(CNC(=O)CC(N)C2CC2)CCCCC1. The lowest BCUT2D eigenvalue weighted by Crippen LogP contribution is -2.43. The van der Waals surface area contributed by atoms with Gasteiger partial charge in [-0.2, -0.15) is 11.8 Å². The molecule has 0 aromatic rings. The molecule has 2 fully saturated rings. The van der Waals surface area contributed by atoms with Gasteiger partial charge in [0, 0.05) is 23.8 Å². The van der Waals surface area contributed by atoms with Crippen molar-refractivity contribution in [3.05, 3.63) is 0 Å². The number of thioether (sulfide) groups is 1. The standard InChI is InChI=1S/C14H26N2OS/c1-18-14(7-3-2-4-8-14)10-16-13(17)9-12(15)11-5-6-11/h11-12H,2-10,15H2,1H3,(H,16,17). The van der Waals surface area contributed by atoms with Gasteiger partial charge in [-0.1, -0.05) is 19.3 Å². The first-order chi connectivity index (χ1) is 8.65. The third kappa shape index (κ3) is 3.89. The maximum Gasteiger partial charge on any atom is 0.221 e. The van der Waals surface area contributed by atoms with Crippen molar-refractivity contribution in [1.29, 1.82) is 0 Å². The summed E-state index contributed by atoms with van der Waals surface area (Å²) in [5.41, 5.74) is 5.99. The summed E-state index contributed by atoms with van der Waals surface area (Å²) in [4.78, 5) is 11.9. The van der Waals surface area contributed by atoms with Crippen LogP contribution in [0.2, 0.25) is 0 Å². The van der Waals surface area contributed by atoms with Crippen molar-refractivity contribution in [3.8, 4) is 0 Å². The molecule has 0 saturated heterocycles. The fourth-order valence-electron chi connectivity index (χ4n) is 2.89. The molecule has 1 unspecified atom stereocenters. The van der Waals surface area contributed by atoms with Crippen molar-refractivity contribution < 1.29 is 4.79 Å². The van der Waals surface area contributed by atoms with Gasteiger partial charge in [0.25, 0.3) is 0 Å². The lowest BCUT2D eigenvalue weighted by Gasteiger charge is -2.36. The number of carbonyl (C=O) groups excluding carboxylic acids is 1. The van der Waals surface area contributed by atoms with Gasteiger partial charge < -0.3 is 11.1 Å². The molecule has 3 N–H and O–H groups in total. The van der Waals surface area contributed by atoms with Crippen molar-refractivity contribution in [3.63, 3.8) is 0 Å². The fraction of sp³-hybridized carbons (Fsp3) is 0.929. The van der Waals surface area contributed by atoms with E-state index in [2.05, 4.69) is 11.6 Å². The van der Waals surface area contributed by atoms with Crippen LogP contribution in [0.5, 0.6) is 0 Å². The second-order valence-electron chi connectivity index (χ2n) is 5.93. The normalized spacial score (nSPS) is 24.6. The van der Waals surface area contributed by atoms with E-state index in [-0.39, 0.29) is 16.7 Å². The van der Waals surface area contributed by atoms with Crippen LogP contribution in [-0.2, 0) is 4.79 Å². The predicted octanol–water partition coefficient (Wildman–Crippen LogP) is 2.30. The van der Waals surface area contributed by atoms with Gasteiger partial charge >= 0.3 is 0 Å². The Labute approximate surface area is 115 Å². The first-order valence-electron chi connectivity index (χ1n) is 7.23. The molecular formula is C14H26N2OS. The van der Waals surface area contributed by atoms with Crippen molar-refractivity contribution >= 4 is 17.7 Å². The van der Waals surface area contributed by atoms with E-state index in [0.29, 0.717) is 12.3 Å². The van der Waals surface area contributed by atoms with Gasteiger partial charge in [0.2, 0.25) is 5.91 Å². The zero-order chi connectivity index (χ0) is 13.0. The summed E-state index contributed by atoms with van der Waals surface area (Å²) in [5, 5.41) is 3.12. The summed E-state index contributed by atoms with van der Waals surface area (Å²) in [7, 11) is 0. The molecule has 3 nitrogen and oxygen atoms in total. The summed E-state index contributed by atoms with van der Waals surface area (Å²) < 4.78 is 0.289. The quantitative estimate of drug-likeness (QED) is 0.778. The highest BCUT2D eigenvalue weighted by molar-refractivity contribution is 8.00. The molecule has 2 saturated carbocycles. The Kier molecular flexibility index (Phi) is 4.96. The lowest BCUT2D eigenvalue weighted by atomic mass is 9.88. The maximum atomic E-state index is 11.9. The number of nitrogens with one attached hydrogen (secondary N) is 1. The largest absolute Gasteiger partial charge is 0.355 e. The van der Waals surface area contributed by atoms with Crippen molar-refractivity contribution in [2.24, 2.45) is 11.7 Å². The summed E-state index contributed by atoms with van der Waals surface area (Å²) >= 11 is 1.93. The van der Waals surface area contributed by atoms with Crippen LogP contribution in [0.15, 0.2) is 0 Å². The predicted molar refractivity (Wildman–Crippen MR) is 77.7 cm³/mol. The zero-order valence-electron chi connectivity index (χ0n) is 11.4. The molecule has 1 atom stereocenters. The zero-order valence-corrected chi connectivity index (χ0v) is 12.2. The molecule has 104 valence electrons. The second kappa shape index (κ2) is 6.29. The molecule has 0 spiro atoms. The highest BCUT2D eigenvalue weighted by Crippen LogP contribution is 2.38. The Balaban J connectivity index is 1.72. The maximum absolute atomic E-state index is 11.9. The van der Waals surface area contributed by atoms with Gasteiger partial charge in [-0.05, 0) is 37.9 Å². The minimum atomic E-state index is 0.0848. The molecule has 18 heavy (non-hydrogen) atoms. The Hall–Kier alpha value is -0.220. The fourth-order valence-corrected chi connectivity index (χ4v) is 3.80. The van der Waals surface area contributed by atoms with E-state index < -0.39 is 0 Å². The average Bonchev–Trinajstić information content (AvgIpc) is 3.22. The Morgan fingerprint density at radius 2 is 2.06 bits per heavy atom. The highest BCUT2D eigenvalue weighted by atomic mass is 32.2. The first-order valence-corrected chi connectivity index (χ1v) is 8.45. The third-order valence-corrected chi connectivity index (χ3v) is 5.87. The topological polar surface area (TPSA) is 55.1 Å². The number of hydrogen-bond donors (Lipinski definition) is 2. The number of nitrogens with two attached hydrogens (primary N) is 1. The number of amides is 1. The van der Waals surface area contributed by atoms with Crippen LogP contribution in [0, 0.1) is 5.92 Å². The summed E-state index contributed by atoms with van der Waals surface area (Å²) in [6.45, 7) is 0.824. The minimum absolute atomic E-state index is 0.0848. The van der Waals surface area contributed by atoms with E-state index in [1.54, 1.807) is 0 Å². The molecule has 2 rings (SSSR count). The molecular weight excluding hydrogens is 244 g/mol. The number of rotatable bonds is 6. The third-order valence-electron chi connectivity index (χ3n) is 4.45. The summed E-state index contributed by atoms with van der Waals surface area (Å²) in [6.07, 6.45) is 11.5. The van der Waals surface area contributed by atoms with Crippen LogP contribution in [0.1, 0.15) is 51.4 Å². The smallest absolute Gasteiger partial charge is 0.221 e. The minimum Gasteiger partial charge on any atom is -0.355 e. The second-order valence-corrected chi connectivity index (χ2v) is 7.20. The molecule has 2 aliphatic carbocycles. The van der Waals surface area contributed by atoms with Crippen LogP contribution in [0.3, 0.4) is 0 Å². The molecule has 0 bridgehead atoms. The molecule has 0 aromatic carbocycles. The van der Waals surface area contributed by atoms with Crippen LogP contribution in [0.4, 0.5) is 0 Å². The average molecular weight is 270 g/mol. The molecule has 0 aliphatic heterocycles. The van der Waals surface area contributed by atoms with Crippen LogP contribution in [0.25, 0.3) is 0 Å². The summed E-state index contributed by atoms with van der Waals surface area (Å²) in [6, 6.07) is 0.0848. The molecule has 0 aromatic heterocycles. The highest BCUT2D eigenvalue weighted by Gasteiger charge is 2.33. The lowest BCUT2D eigenvalue weighted by molar-refractivity contribution is -0.121. The van der Waals surface area contributed by atoms with Gasteiger partial charge in [-0.3, -0.25) is 4.79 Å². The van der Waals surface area contributed by atoms with E-state index in [4.69, 9.17) is 5.73 Å². The van der Waals surface area contributed by atoms with Gasteiger partial charge in [-0.15, -0.1) is 0 Å². The van der Waals surface area contributed by atoms with E-state index in [9.17, 15) is 4.79 Å². The molecule has 2 aliphatic rings. The molecule has 4 heteroatoms. The van der Waals surface area contributed by atoms with Gasteiger partial charge in [-0.25, -0.2) is 0 Å². The van der Waals surface area contributed by atoms with Gasteiger partial charge in [0.15, 0.2) is 0 Å². The number of carbonyl (C=O) groups is 1. The summed E-state index contributed by atoms with van der Waals surface area (Å²) in [5.74, 6) is 0.758. The molecule has 0 heterocycles. The van der Waals surface area contributed by atoms with Crippen molar-refractivity contribution in [2.75, 3.05) is 12.8 Å². The van der Waals surface area contributed by atoms with Crippen LogP contribution < -0.4 is 11.1 Å². The van der Waals surface area contributed by atoms with E-state index in [1.807, 2.05) is 11.8 Å². The molecule has 0 radical (unpaired) electrons. The van der Waals surface area contributed by atoms with E-state index in [1.165, 1.54) is 44.9 Å². The first kappa shape index (κ1) is 14.2. The van der Waals surface area contributed by atoms with Crippen molar-refractivity contribution in [1.82, 2.24) is 5.32 Å². The number of hydrogen-bond acceptors (Lipinski definition) is 3. The Morgan fingerprint density at radius 1 is 1.39 bits per heavy atom. The van der Waals surface area contributed by atoms with Gasteiger partial charge in [0.1, 0.15) is 0 Å².